The first-order valence-electron chi connectivity index (χ1n) is 9.02. The van der Waals surface area contributed by atoms with Crippen molar-refractivity contribution in [1.82, 2.24) is 0 Å². The maximum atomic E-state index is 12.5. The number of benzene rings is 2. The van der Waals surface area contributed by atoms with Crippen LogP contribution in [0.5, 0.6) is 17.2 Å². The number of carbonyl (C=O) groups excluding carboxylic acids is 2. The zero-order valence-corrected chi connectivity index (χ0v) is 17.2. The van der Waals surface area contributed by atoms with Crippen LogP contribution in [0.2, 0.25) is 0 Å². The fourth-order valence-electron chi connectivity index (χ4n) is 2.55. The second-order valence-electron chi connectivity index (χ2n) is 6.34. The lowest BCUT2D eigenvalue weighted by atomic mass is 10.2. The topological polar surface area (TPSA) is 95.1 Å². The van der Waals surface area contributed by atoms with Crippen molar-refractivity contribution >= 4 is 23.3 Å². The van der Waals surface area contributed by atoms with Gasteiger partial charge in [0.2, 0.25) is 5.91 Å². The number of esters is 1. The normalized spacial score (nSPS) is 10.3. The van der Waals surface area contributed by atoms with Crippen LogP contribution in [0, 0.1) is 0 Å². The number of carbonyl (C=O) groups is 2. The molecule has 0 saturated heterocycles. The van der Waals surface area contributed by atoms with Crippen LogP contribution in [0.4, 0.5) is 11.4 Å². The van der Waals surface area contributed by atoms with Gasteiger partial charge in [-0.2, -0.15) is 0 Å². The predicted molar refractivity (Wildman–Crippen MR) is 110 cm³/mol. The molecule has 8 heteroatoms. The van der Waals surface area contributed by atoms with E-state index in [9.17, 15) is 9.59 Å². The summed E-state index contributed by atoms with van der Waals surface area (Å²) >= 11 is 0. The van der Waals surface area contributed by atoms with Gasteiger partial charge in [0, 0.05) is 6.07 Å². The Morgan fingerprint density at radius 1 is 0.931 bits per heavy atom. The van der Waals surface area contributed by atoms with E-state index in [0.717, 1.165) is 0 Å². The molecule has 0 fully saturated rings. The Kier molecular flexibility index (Phi) is 7.70. The molecule has 0 spiro atoms. The Morgan fingerprint density at radius 3 is 2.28 bits per heavy atom. The van der Waals surface area contributed by atoms with Crippen molar-refractivity contribution in [1.29, 1.82) is 0 Å². The highest BCUT2D eigenvalue weighted by molar-refractivity contribution is 5.96. The summed E-state index contributed by atoms with van der Waals surface area (Å²) in [6, 6.07) is 9.97. The molecule has 0 aliphatic rings. The minimum atomic E-state index is -0.477. The van der Waals surface area contributed by atoms with Crippen LogP contribution >= 0.6 is 0 Å². The molecule has 0 aliphatic heterocycles. The molecule has 0 unspecified atom stereocenters. The van der Waals surface area contributed by atoms with Crippen molar-refractivity contribution < 1.29 is 28.5 Å². The molecule has 2 aromatic carbocycles. The molecule has 0 heterocycles. The second kappa shape index (κ2) is 10.2. The summed E-state index contributed by atoms with van der Waals surface area (Å²) in [5.41, 5.74) is 1.34. The standard InChI is InChI=1S/C21H26N2O6/c1-13(2)29-19-8-6-14(21(25)28-5)10-16(19)22-12-20(24)23-17-11-15(26-3)7-9-18(17)27-4/h6-11,13,22H,12H2,1-5H3,(H,23,24). The number of methoxy groups -OCH3 is 3. The first kappa shape index (κ1) is 21.9. The molecule has 2 N–H and O–H groups in total. The van der Waals surface area contributed by atoms with Crippen LogP contribution in [-0.4, -0.2) is 45.9 Å². The third kappa shape index (κ3) is 6.03. The predicted octanol–water partition coefficient (Wildman–Crippen LogP) is 3.33. The number of rotatable bonds is 9. The number of anilines is 2. The SMILES string of the molecule is COC(=O)c1ccc(OC(C)C)c(NCC(=O)Nc2cc(OC)ccc2OC)c1. The Bertz CT molecular complexity index is 866. The lowest BCUT2D eigenvalue weighted by Gasteiger charge is -2.17. The maximum absolute atomic E-state index is 12.5. The van der Waals surface area contributed by atoms with Gasteiger partial charge in [0.15, 0.2) is 0 Å². The molecule has 2 rings (SSSR count). The highest BCUT2D eigenvalue weighted by Gasteiger charge is 2.14. The van der Waals surface area contributed by atoms with Gasteiger partial charge in [0.05, 0.1) is 50.9 Å². The van der Waals surface area contributed by atoms with Gasteiger partial charge in [-0.1, -0.05) is 0 Å². The minimum absolute atomic E-state index is 0.0561. The van der Waals surface area contributed by atoms with Crippen LogP contribution in [0.1, 0.15) is 24.2 Å². The molecule has 1 amide bonds. The molecule has 29 heavy (non-hydrogen) atoms. The van der Waals surface area contributed by atoms with E-state index in [-0.39, 0.29) is 18.6 Å². The van der Waals surface area contributed by atoms with E-state index < -0.39 is 5.97 Å². The van der Waals surface area contributed by atoms with Crippen LogP contribution in [0.3, 0.4) is 0 Å². The average molecular weight is 402 g/mol. The van der Waals surface area contributed by atoms with E-state index in [2.05, 4.69) is 10.6 Å². The molecule has 0 aliphatic carbocycles. The summed E-state index contributed by atoms with van der Waals surface area (Å²) in [7, 11) is 4.37. The largest absolute Gasteiger partial charge is 0.497 e. The average Bonchev–Trinajstić information content (AvgIpc) is 2.71. The van der Waals surface area contributed by atoms with Gasteiger partial charge in [0.25, 0.3) is 0 Å². The monoisotopic (exact) mass is 402 g/mol. The third-order valence-electron chi connectivity index (χ3n) is 3.88. The number of nitrogens with one attached hydrogen (secondary N) is 2. The fraction of sp³-hybridized carbons (Fsp3) is 0.333. The van der Waals surface area contributed by atoms with E-state index in [1.807, 2.05) is 13.8 Å². The Hall–Kier alpha value is -3.42. The van der Waals surface area contributed by atoms with Gasteiger partial charge >= 0.3 is 5.97 Å². The number of hydrogen-bond acceptors (Lipinski definition) is 7. The summed E-state index contributed by atoms with van der Waals surface area (Å²) in [6.45, 7) is 3.72. The maximum Gasteiger partial charge on any atom is 0.337 e. The van der Waals surface area contributed by atoms with Crippen molar-refractivity contribution in [2.75, 3.05) is 38.5 Å². The number of ether oxygens (including phenoxy) is 4. The zero-order valence-electron chi connectivity index (χ0n) is 17.2. The van der Waals surface area contributed by atoms with Crippen LogP contribution < -0.4 is 24.8 Å². The molecule has 0 bridgehead atoms. The Balaban J connectivity index is 2.15. The van der Waals surface area contributed by atoms with E-state index in [0.29, 0.717) is 34.2 Å². The van der Waals surface area contributed by atoms with Crippen LogP contribution in [-0.2, 0) is 9.53 Å². The first-order valence-corrected chi connectivity index (χ1v) is 9.02. The quantitative estimate of drug-likeness (QED) is 0.621. The zero-order chi connectivity index (χ0) is 21.4. The summed E-state index contributed by atoms with van der Waals surface area (Å²) in [5, 5.41) is 5.78. The molecule has 2 aromatic rings. The van der Waals surface area contributed by atoms with E-state index >= 15 is 0 Å². The van der Waals surface area contributed by atoms with Crippen LogP contribution in [0.25, 0.3) is 0 Å². The number of hydrogen-bond donors (Lipinski definition) is 2. The lowest BCUT2D eigenvalue weighted by molar-refractivity contribution is -0.114. The number of amides is 1. The minimum Gasteiger partial charge on any atom is -0.497 e. The van der Waals surface area contributed by atoms with Crippen molar-refractivity contribution in [3.63, 3.8) is 0 Å². The van der Waals surface area contributed by atoms with Gasteiger partial charge in [-0.25, -0.2) is 4.79 Å². The van der Waals surface area contributed by atoms with Crippen molar-refractivity contribution in [2.45, 2.75) is 20.0 Å². The molecule has 0 aromatic heterocycles. The smallest absolute Gasteiger partial charge is 0.337 e. The fourth-order valence-corrected chi connectivity index (χ4v) is 2.55. The summed E-state index contributed by atoms with van der Waals surface area (Å²) in [6.07, 6.45) is -0.0746. The van der Waals surface area contributed by atoms with Gasteiger partial charge in [-0.05, 0) is 44.2 Å². The van der Waals surface area contributed by atoms with E-state index in [1.165, 1.54) is 14.2 Å². The Morgan fingerprint density at radius 2 is 1.66 bits per heavy atom. The third-order valence-corrected chi connectivity index (χ3v) is 3.88. The molecule has 0 saturated carbocycles. The first-order chi connectivity index (χ1) is 13.9. The highest BCUT2D eigenvalue weighted by atomic mass is 16.5. The molecular weight excluding hydrogens is 376 g/mol. The van der Waals surface area contributed by atoms with Crippen molar-refractivity contribution in [3.05, 3.63) is 42.0 Å². The van der Waals surface area contributed by atoms with Crippen molar-refractivity contribution in [3.8, 4) is 17.2 Å². The summed E-state index contributed by atoms with van der Waals surface area (Å²) in [5.74, 6) is 0.841. The molecule has 0 radical (unpaired) electrons. The second-order valence-corrected chi connectivity index (χ2v) is 6.34. The summed E-state index contributed by atoms with van der Waals surface area (Å²) in [4.78, 5) is 24.3. The lowest BCUT2D eigenvalue weighted by Crippen LogP contribution is -2.22. The van der Waals surface area contributed by atoms with E-state index in [1.54, 1.807) is 43.5 Å². The highest BCUT2D eigenvalue weighted by Crippen LogP contribution is 2.29. The van der Waals surface area contributed by atoms with Gasteiger partial charge in [-0.3, -0.25) is 4.79 Å². The Labute approximate surface area is 170 Å². The van der Waals surface area contributed by atoms with Gasteiger partial charge < -0.3 is 29.6 Å². The van der Waals surface area contributed by atoms with E-state index in [4.69, 9.17) is 18.9 Å². The van der Waals surface area contributed by atoms with Crippen molar-refractivity contribution in [2.24, 2.45) is 0 Å². The molecule has 0 atom stereocenters. The van der Waals surface area contributed by atoms with Crippen LogP contribution in [0.15, 0.2) is 36.4 Å². The summed E-state index contributed by atoms with van der Waals surface area (Å²) < 4.78 is 20.9. The molecule has 8 nitrogen and oxygen atoms in total. The van der Waals surface area contributed by atoms with Gasteiger partial charge in [-0.15, -0.1) is 0 Å². The molecular formula is C21H26N2O6. The van der Waals surface area contributed by atoms with Gasteiger partial charge in [0.1, 0.15) is 17.2 Å². The molecule has 156 valence electrons.